The zero-order chi connectivity index (χ0) is 26.6. The zero-order valence-electron chi connectivity index (χ0n) is 26.1. The lowest BCUT2D eigenvalue weighted by molar-refractivity contribution is 0.532. The molecule has 0 saturated carbocycles. The Labute approximate surface area is 243 Å². The quantitative estimate of drug-likeness (QED) is 0.287. The lowest BCUT2D eigenvalue weighted by Crippen LogP contribution is -1.94. The average molecular weight is 547 g/mol. The molecule has 0 aromatic rings. The summed E-state index contributed by atoms with van der Waals surface area (Å²) < 4.78 is 0. The zero-order valence-corrected chi connectivity index (χ0v) is 26.9. The summed E-state index contributed by atoms with van der Waals surface area (Å²) in [6.45, 7) is 0. The van der Waals surface area contributed by atoms with Crippen molar-refractivity contribution in [1.29, 1.82) is 0 Å². The molecule has 0 fully saturated rings. The summed E-state index contributed by atoms with van der Waals surface area (Å²) in [5.41, 5.74) is 0. The van der Waals surface area contributed by atoms with Gasteiger partial charge in [-0.15, -0.1) is 0 Å². The smallest absolute Gasteiger partial charge is 0.00795 e. The van der Waals surface area contributed by atoms with Gasteiger partial charge in [-0.05, 0) is 55.6 Å². The van der Waals surface area contributed by atoms with Crippen LogP contribution in [0.5, 0.6) is 0 Å². The van der Waals surface area contributed by atoms with E-state index in [0.29, 0.717) is 10.5 Å². The van der Waals surface area contributed by atoms with Crippen LogP contribution in [-0.2, 0) is 0 Å². The standard InChI is InChI=1S/C37H70S/c1-2-6-10-14-18-22-26-30-34-37(33-29-25-21-17-13-9-5-1)38-35-31-27-23-19-15-11-7-3-4-8-12-16-20-24-28-32-36-38/h33,35H,1-32,34,36H2/b37-33+. The molecule has 0 bridgehead atoms. The summed E-state index contributed by atoms with van der Waals surface area (Å²) >= 11 is 0. The second-order valence-corrected chi connectivity index (χ2v) is 15.0. The fraction of sp³-hybridized carbons (Fsp3) is 0.919. The molecule has 0 spiro atoms. The minimum Gasteiger partial charge on any atom is -0.163 e. The summed E-state index contributed by atoms with van der Waals surface area (Å²) in [4.78, 5) is 1.88. The highest BCUT2D eigenvalue weighted by Crippen LogP contribution is 2.33. The largest absolute Gasteiger partial charge is 0.163 e. The first kappa shape index (κ1) is 34.2. The van der Waals surface area contributed by atoms with Crippen LogP contribution in [0, 0.1) is 0 Å². The average Bonchev–Trinajstić information content (AvgIpc) is 2.93. The van der Waals surface area contributed by atoms with Crippen LogP contribution in [0.1, 0.15) is 212 Å². The number of hydrogen-bond acceptors (Lipinski definition) is 0. The number of rotatable bonds is 1. The van der Waals surface area contributed by atoms with Gasteiger partial charge in [-0.1, -0.05) is 178 Å². The molecule has 0 aromatic heterocycles. The van der Waals surface area contributed by atoms with Gasteiger partial charge in [0.05, 0.1) is 0 Å². The third-order valence-electron chi connectivity index (χ3n) is 9.22. The van der Waals surface area contributed by atoms with Crippen molar-refractivity contribution in [3.63, 3.8) is 0 Å². The van der Waals surface area contributed by atoms with Crippen molar-refractivity contribution in [3.8, 4) is 0 Å². The fourth-order valence-corrected chi connectivity index (χ4v) is 8.94. The molecule has 1 aliphatic carbocycles. The Hall–Kier alpha value is -0.0400. The molecular formula is C37H70S. The molecule has 1 unspecified atom stereocenters. The maximum absolute atomic E-state index is 2.83. The highest BCUT2D eigenvalue weighted by atomic mass is 32.2. The summed E-state index contributed by atoms with van der Waals surface area (Å²) in [5.74, 6) is 1.46. The third-order valence-corrected chi connectivity index (χ3v) is 11.6. The molecule has 0 saturated heterocycles. The van der Waals surface area contributed by atoms with Crippen LogP contribution >= 0.6 is 10.5 Å². The van der Waals surface area contributed by atoms with Crippen molar-refractivity contribution in [2.75, 3.05) is 5.75 Å². The van der Waals surface area contributed by atoms with Crippen LogP contribution in [0.25, 0.3) is 0 Å². The highest BCUT2D eigenvalue weighted by Gasteiger charge is 2.06. The van der Waals surface area contributed by atoms with E-state index in [1.807, 2.05) is 4.91 Å². The number of hydrogen-bond donors (Lipinski definition) is 0. The maximum atomic E-state index is 2.83. The second kappa shape index (κ2) is 27.1. The predicted molar refractivity (Wildman–Crippen MR) is 179 cm³/mol. The second-order valence-electron chi connectivity index (χ2n) is 12.9. The molecule has 38 heavy (non-hydrogen) atoms. The van der Waals surface area contributed by atoms with Gasteiger partial charge in [0.2, 0.25) is 0 Å². The third kappa shape index (κ3) is 20.8. The first-order valence-electron chi connectivity index (χ1n) is 18.2. The van der Waals surface area contributed by atoms with E-state index in [2.05, 4.69) is 11.4 Å². The van der Waals surface area contributed by atoms with Crippen LogP contribution in [0.3, 0.4) is 0 Å². The molecule has 0 amide bonds. The minimum absolute atomic E-state index is 0.454. The predicted octanol–water partition coefficient (Wildman–Crippen LogP) is 13.8. The Morgan fingerprint density at radius 1 is 0.316 bits per heavy atom. The lowest BCUT2D eigenvalue weighted by Gasteiger charge is -2.16. The Bertz CT molecular complexity index is 509. The van der Waals surface area contributed by atoms with E-state index in [0.717, 1.165) is 0 Å². The lowest BCUT2D eigenvalue weighted by atomic mass is 10.0. The van der Waals surface area contributed by atoms with Crippen molar-refractivity contribution < 1.29 is 0 Å². The molecular weight excluding hydrogens is 476 g/mol. The van der Waals surface area contributed by atoms with Gasteiger partial charge in [-0.2, -0.15) is 10.5 Å². The number of allylic oxidation sites excluding steroid dienone is 2. The molecule has 1 heterocycles. The van der Waals surface area contributed by atoms with Crippen molar-refractivity contribution in [1.82, 2.24) is 0 Å². The van der Waals surface area contributed by atoms with Crippen LogP contribution in [0.15, 0.2) is 11.0 Å². The van der Waals surface area contributed by atoms with Crippen LogP contribution in [-0.4, -0.2) is 11.1 Å². The van der Waals surface area contributed by atoms with Gasteiger partial charge in [0.25, 0.3) is 0 Å². The summed E-state index contributed by atoms with van der Waals surface area (Å²) in [6.07, 6.45) is 51.3. The Morgan fingerprint density at radius 3 is 1.05 bits per heavy atom. The normalized spacial score (nSPS) is 27.9. The topological polar surface area (TPSA) is 0 Å². The molecule has 0 radical (unpaired) electrons. The molecule has 1 heteroatoms. The van der Waals surface area contributed by atoms with Gasteiger partial charge in [-0.25, -0.2) is 0 Å². The van der Waals surface area contributed by atoms with Crippen LogP contribution < -0.4 is 0 Å². The van der Waals surface area contributed by atoms with Gasteiger partial charge in [0.15, 0.2) is 0 Å². The van der Waals surface area contributed by atoms with E-state index in [-0.39, 0.29) is 0 Å². The van der Waals surface area contributed by atoms with Gasteiger partial charge < -0.3 is 0 Å². The van der Waals surface area contributed by atoms with Crippen LogP contribution in [0.2, 0.25) is 0 Å². The molecule has 0 aromatic carbocycles. The monoisotopic (exact) mass is 547 g/mol. The van der Waals surface area contributed by atoms with E-state index >= 15 is 0 Å². The maximum Gasteiger partial charge on any atom is -0.00795 e. The Kier molecular flexibility index (Phi) is 24.4. The molecule has 2 rings (SSSR count). The molecule has 0 nitrogen and oxygen atoms in total. The van der Waals surface area contributed by atoms with Gasteiger partial charge >= 0.3 is 0 Å². The Balaban J connectivity index is 1.92. The summed E-state index contributed by atoms with van der Waals surface area (Å²) in [7, 11) is 0.454. The summed E-state index contributed by atoms with van der Waals surface area (Å²) in [6, 6.07) is 0. The Morgan fingerprint density at radius 2 is 0.632 bits per heavy atom. The minimum atomic E-state index is 0.454. The molecule has 0 N–H and O–H groups in total. The first-order valence-corrected chi connectivity index (χ1v) is 19.6. The van der Waals surface area contributed by atoms with Crippen molar-refractivity contribution >= 4 is 15.9 Å². The van der Waals surface area contributed by atoms with Gasteiger partial charge in [0, 0.05) is 0 Å². The summed E-state index contributed by atoms with van der Waals surface area (Å²) in [5, 5.41) is 2.83. The van der Waals surface area contributed by atoms with Gasteiger partial charge in [-0.3, -0.25) is 0 Å². The molecule has 224 valence electrons. The van der Waals surface area contributed by atoms with Gasteiger partial charge in [0.1, 0.15) is 0 Å². The van der Waals surface area contributed by atoms with E-state index in [1.54, 1.807) is 0 Å². The SMILES string of the molecule is C1=C(/S2=C/CCCCCCCCCCCCCCCCC2)CCCCCCCCCCCCCCCCC/1. The molecule has 2 aliphatic rings. The van der Waals surface area contributed by atoms with E-state index in [9.17, 15) is 0 Å². The van der Waals surface area contributed by atoms with Crippen molar-refractivity contribution in [2.24, 2.45) is 0 Å². The van der Waals surface area contributed by atoms with E-state index in [4.69, 9.17) is 0 Å². The van der Waals surface area contributed by atoms with Crippen LogP contribution in [0.4, 0.5) is 0 Å². The first-order chi connectivity index (χ1) is 19.0. The van der Waals surface area contributed by atoms with E-state index in [1.165, 1.54) is 218 Å². The van der Waals surface area contributed by atoms with Crippen molar-refractivity contribution in [2.45, 2.75) is 212 Å². The molecule has 1 aliphatic heterocycles. The fourth-order valence-electron chi connectivity index (χ4n) is 6.59. The molecule has 1 atom stereocenters. The van der Waals surface area contributed by atoms with E-state index < -0.39 is 0 Å². The highest BCUT2D eigenvalue weighted by molar-refractivity contribution is 8.18. The van der Waals surface area contributed by atoms with Crippen molar-refractivity contribution in [3.05, 3.63) is 11.0 Å².